The lowest BCUT2D eigenvalue weighted by atomic mass is 9.65. The first-order valence-corrected chi connectivity index (χ1v) is 27.3. The van der Waals surface area contributed by atoms with Gasteiger partial charge in [-0.2, -0.15) is 0 Å². The summed E-state index contributed by atoms with van der Waals surface area (Å²) in [4.78, 5) is 4.59. The topological polar surface area (TPSA) is 6.48 Å². The van der Waals surface area contributed by atoms with E-state index in [0.29, 0.717) is 0 Å². The molecule has 0 fully saturated rings. The SMILES string of the molecule is CC.CC.CC.c1ccc(C(c2ccccc2)(c2ccccc2)c2ccccc2)cc1.c1ccc(N(c2ccccc2)c2ccc3ccccc3c2)cc1.c1ccc(N(c2ccccc2)c2cccc3ccccc23)cc1. The van der Waals surface area contributed by atoms with Crippen LogP contribution in [0.5, 0.6) is 0 Å². The molecule has 0 amide bonds. The quantitative estimate of drug-likeness (QED) is 0.126. The van der Waals surface area contributed by atoms with Crippen molar-refractivity contribution in [3.63, 3.8) is 0 Å². The molecule has 0 aliphatic heterocycles. The minimum atomic E-state index is -0.328. The molecule has 2 nitrogen and oxygen atoms in total. The van der Waals surface area contributed by atoms with Crippen LogP contribution in [-0.4, -0.2) is 0 Å². The third-order valence-corrected chi connectivity index (χ3v) is 12.9. The largest absolute Gasteiger partial charge is 0.310 e. The number of hydrogen-bond acceptors (Lipinski definition) is 2. The summed E-state index contributed by atoms with van der Waals surface area (Å²) in [6, 6.07) is 115. The minimum absolute atomic E-state index is 0.328. The number of benzene rings is 12. The van der Waals surface area contributed by atoms with Crippen molar-refractivity contribution in [3.05, 3.63) is 350 Å². The van der Waals surface area contributed by atoms with E-state index in [1.807, 2.05) is 53.7 Å². The van der Waals surface area contributed by atoms with Crippen molar-refractivity contribution in [2.75, 3.05) is 9.80 Å². The zero-order chi connectivity index (χ0) is 53.9. The molecule has 0 saturated heterocycles. The fraction of sp³-hybridized carbons (Fsp3) is 0.0933. The summed E-state index contributed by atoms with van der Waals surface area (Å²) < 4.78 is 0. The summed E-state index contributed by atoms with van der Waals surface area (Å²) in [6.07, 6.45) is 0. The summed E-state index contributed by atoms with van der Waals surface area (Å²) in [5.41, 5.74) is 11.8. The number of rotatable bonds is 10. The maximum atomic E-state index is 2.31. The number of para-hydroxylation sites is 4. The molecule has 0 heterocycles. The highest BCUT2D eigenvalue weighted by molar-refractivity contribution is 5.99. The Morgan fingerprint density at radius 3 is 0.870 bits per heavy atom. The third kappa shape index (κ3) is 13.5. The maximum absolute atomic E-state index is 2.31. The monoisotopic (exact) mass is 1000 g/mol. The van der Waals surface area contributed by atoms with Crippen molar-refractivity contribution >= 4 is 55.7 Å². The third-order valence-electron chi connectivity index (χ3n) is 12.9. The van der Waals surface area contributed by atoms with Gasteiger partial charge in [0.25, 0.3) is 0 Å². The minimum Gasteiger partial charge on any atom is -0.310 e. The summed E-state index contributed by atoms with van der Waals surface area (Å²) in [7, 11) is 0. The van der Waals surface area contributed by atoms with Gasteiger partial charge in [-0.1, -0.05) is 302 Å². The fourth-order valence-electron chi connectivity index (χ4n) is 9.65. The van der Waals surface area contributed by atoms with Crippen LogP contribution < -0.4 is 9.80 Å². The Morgan fingerprint density at radius 1 is 0.208 bits per heavy atom. The highest BCUT2D eigenvalue weighted by Gasteiger charge is 2.37. The molecule has 0 unspecified atom stereocenters. The van der Waals surface area contributed by atoms with Gasteiger partial charge in [0.05, 0.1) is 11.1 Å². The zero-order valence-corrected chi connectivity index (χ0v) is 45.6. The fourth-order valence-corrected chi connectivity index (χ4v) is 9.65. The standard InChI is InChI=1S/C25H20.2C22H17N.3C2H6/c1-5-13-21(14-6-1)25(22-15-7-2-8-16-22,23-17-9-3-10-18-23)24-19-11-4-12-20-24;1-3-12-19(13-4-1)23(20-14-5-2-6-15-20)22-17-9-11-18-10-7-8-16-21(18)22;1-3-11-20(12-4-1)23(21-13-5-2-6-14-21)22-16-15-18-9-7-8-10-19(18)17-22;3*1-2/h1-20H;2*1-17H;3*1-2H3. The van der Waals surface area contributed by atoms with E-state index in [0.717, 1.165) is 22.7 Å². The molecule has 0 N–H and O–H groups in total. The predicted molar refractivity (Wildman–Crippen MR) is 336 cm³/mol. The molecule has 0 bridgehead atoms. The van der Waals surface area contributed by atoms with Crippen molar-refractivity contribution in [1.29, 1.82) is 0 Å². The molecular weight excluding hydrogens is 929 g/mol. The number of hydrogen-bond donors (Lipinski definition) is 0. The smallest absolute Gasteiger partial charge is 0.0701 e. The first-order valence-electron chi connectivity index (χ1n) is 27.3. The molecule has 0 aliphatic carbocycles. The van der Waals surface area contributed by atoms with E-state index >= 15 is 0 Å². The van der Waals surface area contributed by atoms with Crippen molar-refractivity contribution in [2.45, 2.75) is 47.0 Å². The van der Waals surface area contributed by atoms with Gasteiger partial charge in [0, 0.05) is 33.8 Å². The van der Waals surface area contributed by atoms with E-state index in [9.17, 15) is 0 Å². The van der Waals surface area contributed by atoms with Gasteiger partial charge in [-0.25, -0.2) is 0 Å². The molecular formula is C75H72N2. The molecule has 0 spiro atoms. The summed E-state index contributed by atoms with van der Waals surface area (Å²) in [5.74, 6) is 0. The predicted octanol–water partition coefficient (Wildman–Crippen LogP) is 21.8. The Bertz CT molecular complexity index is 3240. The Balaban J connectivity index is 0.000000160. The lowest BCUT2D eigenvalue weighted by Gasteiger charge is -2.36. The van der Waals surface area contributed by atoms with Crippen LogP contribution in [0, 0.1) is 0 Å². The first-order chi connectivity index (χ1) is 38.3. The van der Waals surface area contributed by atoms with Gasteiger partial charge in [0.2, 0.25) is 0 Å². The molecule has 12 aromatic carbocycles. The average molecular weight is 1000 g/mol. The van der Waals surface area contributed by atoms with Crippen LogP contribution in [0.4, 0.5) is 34.1 Å². The molecule has 0 radical (unpaired) electrons. The van der Waals surface area contributed by atoms with E-state index < -0.39 is 0 Å². The van der Waals surface area contributed by atoms with Crippen LogP contribution in [-0.2, 0) is 5.41 Å². The van der Waals surface area contributed by atoms with Crippen molar-refractivity contribution in [3.8, 4) is 0 Å². The second-order valence-electron chi connectivity index (χ2n) is 17.3. The van der Waals surface area contributed by atoms with Gasteiger partial charge in [-0.15, -0.1) is 0 Å². The van der Waals surface area contributed by atoms with Crippen molar-refractivity contribution in [2.24, 2.45) is 0 Å². The van der Waals surface area contributed by atoms with Gasteiger partial charge >= 0.3 is 0 Å². The van der Waals surface area contributed by atoms with Crippen LogP contribution in [0.2, 0.25) is 0 Å². The summed E-state index contributed by atoms with van der Waals surface area (Å²) in [6.45, 7) is 12.0. The van der Waals surface area contributed by atoms with Gasteiger partial charge in [-0.3, -0.25) is 0 Å². The highest BCUT2D eigenvalue weighted by Crippen LogP contribution is 2.45. The molecule has 77 heavy (non-hydrogen) atoms. The highest BCUT2D eigenvalue weighted by atomic mass is 15.1. The molecule has 0 saturated carbocycles. The molecule has 0 atom stereocenters. The van der Waals surface area contributed by atoms with Crippen LogP contribution in [0.25, 0.3) is 21.5 Å². The lowest BCUT2D eigenvalue weighted by molar-refractivity contribution is 0.745. The number of fused-ring (bicyclic) bond motifs is 2. The normalized spacial score (nSPS) is 10.2. The van der Waals surface area contributed by atoms with Gasteiger partial charge in [-0.05, 0) is 105 Å². The van der Waals surface area contributed by atoms with E-state index in [1.165, 1.54) is 55.2 Å². The maximum Gasteiger partial charge on any atom is 0.0701 e. The van der Waals surface area contributed by atoms with Crippen LogP contribution in [0.1, 0.15) is 63.8 Å². The van der Waals surface area contributed by atoms with Crippen molar-refractivity contribution in [1.82, 2.24) is 0 Å². The molecule has 2 heteroatoms. The molecule has 12 aromatic rings. The van der Waals surface area contributed by atoms with Crippen LogP contribution in [0.3, 0.4) is 0 Å². The molecule has 12 rings (SSSR count). The Morgan fingerprint density at radius 2 is 0.494 bits per heavy atom. The van der Waals surface area contributed by atoms with E-state index in [-0.39, 0.29) is 5.41 Å². The van der Waals surface area contributed by atoms with E-state index in [4.69, 9.17) is 0 Å². The summed E-state index contributed by atoms with van der Waals surface area (Å²) in [5, 5.41) is 5.02. The molecule has 0 aliphatic rings. The Hall–Kier alpha value is -9.24. The zero-order valence-electron chi connectivity index (χ0n) is 45.6. The average Bonchev–Trinajstić information content (AvgIpc) is 3.54. The van der Waals surface area contributed by atoms with Crippen LogP contribution >= 0.6 is 0 Å². The Labute approximate surface area is 459 Å². The van der Waals surface area contributed by atoms with Gasteiger partial charge < -0.3 is 9.80 Å². The summed E-state index contributed by atoms with van der Waals surface area (Å²) >= 11 is 0. The number of anilines is 6. The van der Waals surface area contributed by atoms with Crippen LogP contribution in [0.15, 0.2) is 328 Å². The number of nitrogens with zero attached hydrogens (tertiary/aromatic N) is 2. The second kappa shape index (κ2) is 29.6. The van der Waals surface area contributed by atoms with E-state index in [1.54, 1.807) is 0 Å². The first kappa shape index (κ1) is 55.5. The van der Waals surface area contributed by atoms with Gasteiger partial charge in [0.1, 0.15) is 0 Å². The lowest BCUT2D eigenvalue weighted by Crippen LogP contribution is -2.30. The van der Waals surface area contributed by atoms with Crippen molar-refractivity contribution < 1.29 is 0 Å². The Kier molecular flexibility index (Phi) is 21.3. The van der Waals surface area contributed by atoms with E-state index in [2.05, 4.69) is 325 Å². The second-order valence-corrected chi connectivity index (χ2v) is 17.3. The molecule has 382 valence electrons. The van der Waals surface area contributed by atoms with Gasteiger partial charge in [0.15, 0.2) is 0 Å². The molecule has 0 aromatic heterocycles.